The molecule has 0 bridgehead atoms. The summed E-state index contributed by atoms with van der Waals surface area (Å²) in [5.41, 5.74) is 4.32. The number of piperidine rings is 1. The first-order valence-electron chi connectivity index (χ1n) is 14.6. The first-order valence-corrected chi connectivity index (χ1v) is 14.6. The van der Waals surface area contributed by atoms with Crippen LogP contribution in [0.2, 0.25) is 0 Å². The Morgan fingerprint density at radius 3 is 2.20 bits per heavy atom. The zero-order valence-electron chi connectivity index (χ0n) is 24.2. The quantitative estimate of drug-likeness (QED) is 0.222. The minimum Gasteiger partial charge on any atom is -0.504 e. The number of fused-ring (bicyclic) bond motifs is 4. The van der Waals surface area contributed by atoms with E-state index in [4.69, 9.17) is 9.84 Å². The van der Waals surface area contributed by atoms with Crippen LogP contribution in [0.25, 0.3) is 11.3 Å². The highest BCUT2D eigenvalue weighted by Gasteiger charge is 2.58. The first kappa shape index (κ1) is 29.6. The van der Waals surface area contributed by atoms with Gasteiger partial charge >= 0.3 is 6.16 Å². The molecule has 9 nitrogen and oxygen atoms in total. The molecule has 2 unspecified atom stereocenters. The molecule has 0 amide bonds. The summed E-state index contributed by atoms with van der Waals surface area (Å²) in [5, 5.41) is 19.8. The lowest BCUT2D eigenvalue weighted by atomic mass is 9.95. The molecule has 1 aliphatic carbocycles. The van der Waals surface area contributed by atoms with Crippen LogP contribution in [0.4, 0.5) is 10.5 Å². The zero-order chi connectivity index (χ0) is 29.7. The summed E-state index contributed by atoms with van der Waals surface area (Å²) in [5.74, 6) is 0.340. The van der Waals surface area contributed by atoms with Gasteiger partial charge in [-0.15, -0.1) is 12.4 Å². The second kappa shape index (κ2) is 11.9. The van der Waals surface area contributed by atoms with Gasteiger partial charge in [-0.2, -0.15) is 0 Å². The third-order valence-electron chi connectivity index (χ3n) is 8.98. The van der Waals surface area contributed by atoms with Crippen molar-refractivity contribution in [3.8, 4) is 28.5 Å². The molecule has 7 rings (SSSR count). The molecule has 1 saturated carbocycles. The molecule has 3 aliphatic rings. The van der Waals surface area contributed by atoms with Crippen LogP contribution in [0.1, 0.15) is 29.5 Å². The van der Waals surface area contributed by atoms with Crippen molar-refractivity contribution in [2.45, 2.75) is 32.0 Å². The minimum atomic E-state index is -1.67. The molecule has 0 radical (unpaired) electrons. The Balaban J connectivity index is 0.00000343. The van der Waals surface area contributed by atoms with Crippen molar-refractivity contribution in [3.63, 3.8) is 0 Å². The number of H-pyrrole nitrogens is 1. The van der Waals surface area contributed by atoms with Gasteiger partial charge in [0.05, 0.1) is 12.3 Å². The van der Waals surface area contributed by atoms with E-state index in [2.05, 4.69) is 80.2 Å². The molecule has 4 aromatic rings. The van der Waals surface area contributed by atoms with Crippen molar-refractivity contribution in [2.24, 2.45) is 11.8 Å². The average molecular weight is 616 g/mol. The first-order chi connectivity index (χ1) is 20.9. The van der Waals surface area contributed by atoms with E-state index in [0.29, 0.717) is 40.4 Å². The summed E-state index contributed by atoms with van der Waals surface area (Å²) in [6, 6.07) is 27.8. The number of carboxylic acid groups (broad SMARTS) is 1. The van der Waals surface area contributed by atoms with E-state index in [-0.39, 0.29) is 24.9 Å². The SMILES string of the molecule is CC1COc2cc(N3C[C@@H]4C(N(Cc5ccccc5)Cc5ccccc5)[C@@H]4C3)ccc2-c2[nH]c(=O)c(OC(=O)O)c(O)c21.Cl. The summed E-state index contributed by atoms with van der Waals surface area (Å²) in [7, 11) is 0. The number of aromatic nitrogens is 1. The van der Waals surface area contributed by atoms with Crippen LogP contribution in [0, 0.1) is 11.8 Å². The number of pyridine rings is 1. The van der Waals surface area contributed by atoms with Gasteiger partial charge in [0.2, 0.25) is 5.75 Å². The van der Waals surface area contributed by atoms with E-state index in [1.54, 1.807) is 0 Å². The highest BCUT2D eigenvalue weighted by molar-refractivity contribution is 5.85. The number of benzene rings is 3. The lowest BCUT2D eigenvalue weighted by Crippen LogP contribution is -2.34. The van der Waals surface area contributed by atoms with Gasteiger partial charge in [-0.25, -0.2) is 4.79 Å². The number of anilines is 1. The van der Waals surface area contributed by atoms with Crippen molar-refractivity contribution in [1.82, 2.24) is 9.88 Å². The summed E-state index contributed by atoms with van der Waals surface area (Å²) < 4.78 is 10.7. The number of aromatic hydroxyl groups is 1. The van der Waals surface area contributed by atoms with E-state index in [9.17, 15) is 14.7 Å². The number of hydrogen-bond donors (Lipinski definition) is 3. The van der Waals surface area contributed by atoms with Crippen LogP contribution in [-0.4, -0.2) is 52.0 Å². The number of halogens is 1. The van der Waals surface area contributed by atoms with E-state index >= 15 is 0 Å². The van der Waals surface area contributed by atoms with Gasteiger partial charge in [0, 0.05) is 61.0 Å². The molecule has 3 heterocycles. The van der Waals surface area contributed by atoms with E-state index in [1.165, 1.54) is 11.1 Å². The Kier molecular flexibility index (Phi) is 8.00. The zero-order valence-corrected chi connectivity index (χ0v) is 25.0. The van der Waals surface area contributed by atoms with Crippen molar-refractivity contribution in [2.75, 3.05) is 24.6 Å². The van der Waals surface area contributed by atoms with Crippen molar-refractivity contribution in [1.29, 1.82) is 0 Å². The fourth-order valence-corrected chi connectivity index (χ4v) is 6.94. The van der Waals surface area contributed by atoms with Gasteiger partial charge in [0.15, 0.2) is 5.75 Å². The number of hydrogen-bond acceptors (Lipinski definition) is 7. The fraction of sp³-hybridized carbons (Fsp3) is 0.294. The summed E-state index contributed by atoms with van der Waals surface area (Å²) in [6.45, 7) is 5.84. The molecule has 228 valence electrons. The van der Waals surface area contributed by atoms with Crippen molar-refractivity contribution >= 4 is 24.2 Å². The highest BCUT2D eigenvalue weighted by Crippen LogP contribution is 2.52. The Labute approximate surface area is 261 Å². The van der Waals surface area contributed by atoms with Crippen LogP contribution < -0.4 is 19.9 Å². The average Bonchev–Trinajstić information content (AvgIpc) is 3.55. The maximum atomic E-state index is 12.7. The summed E-state index contributed by atoms with van der Waals surface area (Å²) >= 11 is 0. The largest absolute Gasteiger partial charge is 0.511 e. The van der Waals surface area contributed by atoms with Crippen LogP contribution >= 0.6 is 12.4 Å². The third kappa shape index (κ3) is 5.49. The van der Waals surface area contributed by atoms with Gasteiger partial charge < -0.3 is 29.6 Å². The molecule has 4 atom stereocenters. The Bertz CT molecular complexity index is 1680. The molecule has 44 heavy (non-hydrogen) atoms. The van der Waals surface area contributed by atoms with Gasteiger partial charge in [-0.1, -0.05) is 67.6 Å². The predicted molar refractivity (Wildman–Crippen MR) is 169 cm³/mol. The van der Waals surface area contributed by atoms with E-state index < -0.39 is 23.2 Å². The summed E-state index contributed by atoms with van der Waals surface area (Å²) in [4.78, 5) is 31.5. The van der Waals surface area contributed by atoms with Crippen LogP contribution in [0.15, 0.2) is 83.7 Å². The minimum absolute atomic E-state index is 0. The normalized spacial score (nSPS) is 21.3. The maximum Gasteiger partial charge on any atom is 0.511 e. The Hall–Kier alpha value is -4.47. The lowest BCUT2D eigenvalue weighted by molar-refractivity contribution is 0.142. The van der Waals surface area contributed by atoms with Gasteiger partial charge in [-0.3, -0.25) is 9.69 Å². The van der Waals surface area contributed by atoms with E-state index in [0.717, 1.165) is 31.9 Å². The highest BCUT2D eigenvalue weighted by atomic mass is 35.5. The molecular weight excluding hydrogens is 582 g/mol. The molecule has 1 saturated heterocycles. The predicted octanol–water partition coefficient (Wildman–Crippen LogP) is 5.86. The van der Waals surface area contributed by atoms with Gasteiger partial charge in [0.25, 0.3) is 5.56 Å². The monoisotopic (exact) mass is 615 g/mol. The Morgan fingerprint density at radius 1 is 1.00 bits per heavy atom. The number of aromatic amines is 1. The molecule has 2 aliphatic heterocycles. The molecular formula is C34H34ClN3O6. The van der Waals surface area contributed by atoms with Crippen LogP contribution in [-0.2, 0) is 13.1 Å². The topological polar surface area (TPSA) is 115 Å². The lowest BCUT2D eigenvalue weighted by Gasteiger charge is -2.29. The molecule has 2 fully saturated rings. The second-order valence-electron chi connectivity index (χ2n) is 11.8. The van der Waals surface area contributed by atoms with Crippen LogP contribution in [0.3, 0.4) is 0 Å². The van der Waals surface area contributed by atoms with Gasteiger partial charge in [-0.05, 0) is 35.1 Å². The second-order valence-corrected chi connectivity index (χ2v) is 11.8. The van der Waals surface area contributed by atoms with Gasteiger partial charge in [0.1, 0.15) is 5.75 Å². The van der Waals surface area contributed by atoms with Crippen LogP contribution in [0.5, 0.6) is 17.2 Å². The molecule has 0 spiro atoms. The molecule has 3 N–H and O–H groups in total. The maximum absolute atomic E-state index is 12.7. The van der Waals surface area contributed by atoms with Crippen molar-refractivity contribution < 1.29 is 24.5 Å². The summed E-state index contributed by atoms with van der Waals surface area (Å²) in [6.07, 6.45) is -1.67. The number of nitrogens with one attached hydrogen (secondary N) is 1. The standard InChI is InChI=1S/C34H33N3O6.ClH/c1-20-19-42-27-14-23(12-13-24(27)29-28(20)31(38)32(33(39)35-29)43-34(40)41)36-17-25-26(18-36)30(25)37(15-21-8-4-2-5-9-21)16-22-10-6-3-7-11-22;/h2-14,20,25-26,30H,15-19H2,1H3,(H,40,41)(H2,35,38,39);1H/t20?,25-,26+,30?;. The van der Waals surface area contributed by atoms with Crippen molar-refractivity contribution in [3.05, 3.63) is 106 Å². The molecule has 3 aromatic carbocycles. The fourth-order valence-electron chi connectivity index (χ4n) is 6.94. The van der Waals surface area contributed by atoms with E-state index in [1.807, 2.05) is 25.1 Å². The Morgan fingerprint density at radius 2 is 1.61 bits per heavy atom. The number of rotatable bonds is 7. The molecule has 1 aromatic heterocycles. The third-order valence-corrected chi connectivity index (χ3v) is 8.98. The smallest absolute Gasteiger partial charge is 0.504 e. The number of ether oxygens (including phenoxy) is 2. The number of carbonyl (C=O) groups is 1. The number of nitrogens with zero attached hydrogens (tertiary/aromatic N) is 2. The molecule has 10 heteroatoms.